The second-order valence-corrected chi connectivity index (χ2v) is 4.33. The summed E-state index contributed by atoms with van der Waals surface area (Å²) < 4.78 is 0. The Bertz CT molecular complexity index is 347. The number of aliphatic hydroxyl groups is 1. The van der Waals surface area contributed by atoms with Crippen LogP contribution in [0.25, 0.3) is 0 Å². The number of aromatic hydroxyl groups is 1. The molecule has 0 saturated heterocycles. The van der Waals surface area contributed by atoms with E-state index < -0.39 is 0 Å². The number of aliphatic hydroxyl groups excluding tert-OH is 1. The molecule has 0 aromatic heterocycles. The molecular formula is C10H11BrO3. The number of rotatable bonds is 3. The van der Waals surface area contributed by atoms with Crippen LogP contribution in [0.2, 0.25) is 0 Å². The Morgan fingerprint density at radius 3 is 2.71 bits per heavy atom. The van der Waals surface area contributed by atoms with Gasteiger partial charge in [0.15, 0.2) is 5.78 Å². The molecule has 1 aromatic carbocycles. The van der Waals surface area contributed by atoms with Crippen LogP contribution in [0.4, 0.5) is 0 Å². The van der Waals surface area contributed by atoms with Crippen LogP contribution in [-0.2, 0) is 6.61 Å². The monoisotopic (exact) mass is 258 g/mol. The third-order valence-electron chi connectivity index (χ3n) is 1.92. The maximum absolute atomic E-state index is 11.5. The van der Waals surface area contributed by atoms with Crippen molar-refractivity contribution in [1.82, 2.24) is 0 Å². The van der Waals surface area contributed by atoms with E-state index in [2.05, 4.69) is 15.9 Å². The van der Waals surface area contributed by atoms with E-state index in [4.69, 9.17) is 5.11 Å². The number of hydrogen-bond donors (Lipinski definition) is 2. The molecule has 3 nitrogen and oxygen atoms in total. The summed E-state index contributed by atoms with van der Waals surface area (Å²) in [7, 11) is 0. The Kier molecular flexibility index (Phi) is 3.66. The van der Waals surface area contributed by atoms with Gasteiger partial charge in [0, 0.05) is 5.56 Å². The molecule has 0 spiro atoms. The van der Waals surface area contributed by atoms with Gasteiger partial charge in [-0.1, -0.05) is 28.1 Å². The number of phenols is 1. The van der Waals surface area contributed by atoms with Crippen LogP contribution in [0.5, 0.6) is 5.75 Å². The number of Topliss-reactive ketones (excluding diaryl/α,β-unsaturated/α-hetero) is 1. The molecule has 0 bridgehead atoms. The normalized spacial score (nSPS) is 12.5. The minimum Gasteiger partial charge on any atom is -0.507 e. The molecule has 0 saturated carbocycles. The lowest BCUT2D eigenvalue weighted by molar-refractivity contribution is 0.0993. The topological polar surface area (TPSA) is 57.5 Å². The number of benzene rings is 1. The highest BCUT2D eigenvalue weighted by Crippen LogP contribution is 2.24. The summed E-state index contributed by atoms with van der Waals surface area (Å²) in [5.74, 6) is -0.330. The lowest BCUT2D eigenvalue weighted by Crippen LogP contribution is -2.10. The predicted molar refractivity (Wildman–Crippen MR) is 56.7 cm³/mol. The maximum atomic E-state index is 11.5. The van der Waals surface area contributed by atoms with Gasteiger partial charge in [-0.3, -0.25) is 4.79 Å². The molecule has 76 valence electrons. The number of alkyl halides is 1. The molecule has 4 heteroatoms. The molecule has 0 amide bonds. The van der Waals surface area contributed by atoms with Crippen molar-refractivity contribution in [2.75, 3.05) is 0 Å². The number of para-hydroxylation sites is 1. The number of carbonyl (C=O) groups excluding carboxylic acids is 1. The van der Waals surface area contributed by atoms with Crippen LogP contribution in [-0.4, -0.2) is 20.8 Å². The quantitative estimate of drug-likeness (QED) is 0.643. The predicted octanol–water partition coefficient (Wildman–Crippen LogP) is 1.85. The summed E-state index contributed by atoms with van der Waals surface area (Å²) in [5, 5.41) is 18.5. The van der Waals surface area contributed by atoms with E-state index in [1.165, 1.54) is 6.07 Å². The number of carbonyl (C=O) groups is 1. The van der Waals surface area contributed by atoms with Crippen molar-refractivity contribution in [1.29, 1.82) is 0 Å². The summed E-state index contributed by atoms with van der Waals surface area (Å²) in [6, 6.07) is 4.74. The molecule has 0 radical (unpaired) electrons. The first-order valence-corrected chi connectivity index (χ1v) is 5.09. The minimum absolute atomic E-state index is 0.133. The molecule has 2 N–H and O–H groups in total. The first-order chi connectivity index (χ1) is 6.57. The van der Waals surface area contributed by atoms with Gasteiger partial charge in [0.25, 0.3) is 0 Å². The van der Waals surface area contributed by atoms with E-state index in [9.17, 15) is 9.90 Å². The second-order valence-electron chi connectivity index (χ2n) is 2.95. The van der Waals surface area contributed by atoms with Crippen LogP contribution in [0.15, 0.2) is 18.2 Å². The maximum Gasteiger partial charge on any atom is 0.179 e. The van der Waals surface area contributed by atoms with Crippen molar-refractivity contribution in [3.8, 4) is 5.75 Å². The van der Waals surface area contributed by atoms with E-state index in [0.717, 1.165) is 0 Å². The Balaban J connectivity index is 3.16. The minimum atomic E-state index is -0.345. The largest absolute Gasteiger partial charge is 0.507 e. The Morgan fingerprint density at radius 2 is 2.21 bits per heavy atom. The van der Waals surface area contributed by atoms with Crippen molar-refractivity contribution in [3.63, 3.8) is 0 Å². The lowest BCUT2D eigenvalue weighted by Gasteiger charge is -2.08. The average Bonchev–Trinajstić information content (AvgIpc) is 2.17. The van der Waals surface area contributed by atoms with Crippen molar-refractivity contribution in [2.45, 2.75) is 18.4 Å². The van der Waals surface area contributed by atoms with E-state index in [1.807, 2.05) is 0 Å². The molecule has 1 atom stereocenters. The highest BCUT2D eigenvalue weighted by molar-refractivity contribution is 9.10. The van der Waals surface area contributed by atoms with Gasteiger partial charge in [0.2, 0.25) is 0 Å². The van der Waals surface area contributed by atoms with Gasteiger partial charge < -0.3 is 10.2 Å². The summed E-state index contributed by atoms with van der Waals surface area (Å²) in [4.78, 5) is 11.2. The van der Waals surface area contributed by atoms with Crippen LogP contribution in [0, 0.1) is 0 Å². The molecule has 1 unspecified atom stereocenters. The van der Waals surface area contributed by atoms with Gasteiger partial charge in [-0.15, -0.1) is 0 Å². The van der Waals surface area contributed by atoms with Crippen molar-refractivity contribution in [2.24, 2.45) is 0 Å². The van der Waals surface area contributed by atoms with Gasteiger partial charge in [-0.05, 0) is 13.0 Å². The first kappa shape index (κ1) is 11.2. The van der Waals surface area contributed by atoms with Crippen LogP contribution in [0.1, 0.15) is 22.8 Å². The molecular weight excluding hydrogens is 248 g/mol. The number of ketones is 1. The first-order valence-electron chi connectivity index (χ1n) is 4.18. The van der Waals surface area contributed by atoms with Crippen molar-refractivity contribution in [3.05, 3.63) is 29.3 Å². The zero-order valence-corrected chi connectivity index (χ0v) is 9.28. The standard InChI is InChI=1S/C10H11BrO3/c1-6(11)9(13)8-4-2-3-7(5-12)10(8)14/h2-4,6,12,14H,5H2,1H3. The molecule has 0 aliphatic rings. The fraction of sp³-hybridized carbons (Fsp3) is 0.300. The molecule has 0 heterocycles. The van der Waals surface area contributed by atoms with Gasteiger partial charge in [-0.25, -0.2) is 0 Å². The van der Waals surface area contributed by atoms with Crippen LogP contribution >= 0.6 is 15.9 Å². The van der Waals surface area contributed by atoms with E-state index in [-0.39, 0.29) is 28.5 Å². The third-order valence-corrected chi connectivity index (χ3v) is 2.33. The Hall–Kier alpha value is -0.870. The summed E-state index contributed by atoms with van der Waals surface area (Å²) in [5.41, 5.74) is 0.602. The molecule has 0 aliphatic heterocycles. The van der Waals surface area contributed by atoms with E-state index in [1.54, 1.807) is 19.1 Å². The smallest absolute Gasteiger partial charge is 0.179 e. The SMILES string of the molecule is CC(Br)C(=O)c1cccc(CO)c1O. The zero-order chi connectivity index (χ0) is 10.7. The zero-order valence-electron chi connectivity index (χ0n) is 7.70. The number of halogens is 1. The molecule has 1 rings (SSSR count). The fourth-order valence-corrected chi connectivity index (χ4v) is 1.38. The van der Waals surface area contributed by atoms with Gasteiger partial charge in [0.1, 0.15) is 5.75 Å². The lowest BCUT2D eigenvalue weighted by atomic mass is 10.0. The summed E-state index contributed by atoms with van der Waals surface area (Å²) in [6.07, 6.45) is 0. The van der Waals surface area contributed by atoms with Gasteiger partial charge in [0.05, 0.1) is 17.0 Å². The second kappa shape index (κ2) is 4.57. The Labute approximate surface area is 90.5 Å². The molecule has 0 fully saturated rings. The van der Waals surface area contributed by atoms with Crippen molar-refractivity contribution < 1.29 is 15.0 Å². The van der Waals surface area contributed by atoms with E-state index >= 15 is 0 Å². The van der Waals surface area contributed by atoms with E-state index in [0.29, 0.717) is 5.56 Å². The van der Waals surface area contributed by atoms with Gasteiger partial charge in [-0.2, -0.15) is 0 Å². The average molecular weight is 259 g/mol. The Morgan fingerprint density at radius 1 is 1.57 bits per heavy atom. The van der Waals surface area contributed by atoms with Crippen LogP contribution < -0.4 is 0 Å². The van der Waals surface area contributed by atoms with Crippen LogP contribution in [0.3, 0.4) is 0 Å². The highest BCUT2D eigenvalue weighted by atomic mass is 79.9. The van der Waals surface area contributed by atoms with Gasteiger partial charge >= 0.3 is 0 Å². The molecule has 0 aliphatic carbocycles. The molecule has 1 aromatic rings. The highest BCUT2D eigenvalue weighted by Gasteiger charge is 2.17. The number of hydrogen-bond acceptors (Lipinski definition) is 3. The summed E-state index contributed by atoms with van der Waals surface area (Å²) >= 11 is 3.13. The third kappa shape index (κ3) is 2.13. The summed E-state index contributed by atoms with van der Waals surface area (Å²) in [6.45, 7) is 1.41. The fourth-order valence-electron chi connectivity index (χ4n) is 1.13. The molecule has 14 heavy (non-hydrogen) atoms. The van der Waals surface area contributed by atoms with Crippen molar-refractivity contribution >= 4 is 21.7 Å².